The zero-order chi connectivity index (χ0) is 24.5. The van der Waals surface area contributed by atoms with E-state index in [0.29, 0.717) is 0 Å². The van der Waals surface area contributed by atoms with E-state index in [1.54, 1.807) is 37.3 Å². The highest BCUT2D eigenvalue weighted by atomic mass is 16.7. The lowest BCUT2D eigenvalue weighted by atomic mass is 9.40. The first-order valence-corrected chi connectivity index (χ1v) is 11.2. The van der Waals surface area contributed by atoms with E-state index in [1.165, 1.54) is 0 Å². The Labute approximate surface area is 194 Å². The molecule has 0 aromatic heterocycles. The van der Waals surface area contributed by atoms with E-state index in [4.69, 9.17) is 18.9 Å². The molecular formula is C23H28O11. The summed E-state index contributed by atoms with van der Waals surface area (Å²) in [5, 5.41) is 51.0. The maximum Gasteiger partial charge on any atom is 0.338 e. The van der Waals surface area contributed by atoms with Crippen LogP contribution in [0.3, 0.4) is 0 Å². The van der Waals surface area contributed by atoms with E-state index in [-0.39, 0.29) is 18.4 Å². The number of aliphatic hydroxyl groups is 5. The van der Waals surface area contributed by atoms with E-state index >= 15 is 0 Å². The van der Waals surface area contributed by atoms with Crippen molar-refractivity contribution in [2.24, 2.45) is 11.3 Å². The Morgan fingerprint density at radius 3 is 2.47 bits per heavy atom. The molecule has 1 aromatic rings. The van der Waals surface area contributed by atoms with Gasteiger partial charge in [0.15, 0.2) is 6.29 Å². The Hall–Kier alpha value is -2.12. The average Bonchev–Trinajstić information content (AvgIpc) is 2.88. The summed E-state index contributed by atoms with van der Waals surface area (Å²) in [4.78, 5) is 25.9. The van der Waals surface area contributed by atoms with Crippen molar-refractivity contribution in [2.45, 2.75) is 67.8 Å². The predicted octanol–water partition coefficient (Wildman–Crippen LogP) is -1.51. The van der Waals surface area contributed by atoms with E-state index in [9.17, 15) is 35.1 Å². The molecule has 2 heterocycles. The summed E-state index contributed by atoms with van der Waals surface area (Å²) in [5.74, 6) is -2.00. The molecule has 0 amide bonds. The van der Waals surface area contributed by atoms with Gasteiger partial charge in [0.1, 0.15) is 47.6 Å². The van der Waals surface area contributed by atoms with Crippen molar-refractivity contribution >= 4 is 11.9 Å². The van der Waals surface area contributed by atoms with Gasteiger partial charge >= 0.3 is 11.9 Å². The number of esters is 2. The van der Waals surface area contributed by atoms with Gasteiger partial charge in [-0.15, -0.1) is 0 Å². The minimum Gasteiger partial charge on any atom is -0.461 e. The molecule has 34 heavy (non-hydrogen) atoms. The molecule has 0 spiro atoms. The first-order chi connectivity index (χ1) is 16.1. The summed E-state index contributed by atoms with van der Waals surface area (Å²) in [6, 6.07) is 8.20. The van der Waals surface area contributed by atoms with Gasteiger partial charge in [0, 0.05) is 12.3 Å². The molecule has 9 unspecified atom stereocenters. The molecule has 0 radical (unpaired) electrons. The van der Waals surface area contributed by atoms with Crippen LogP contribution in [0.25, 0.3) is 0 Å². The highest BCUT2D eigenvalue weighted by molar-refractivity contribution is 5.90. The maximum absolute atomic E-state index is 13.2. The second kappa shape index (κ2) is 7.95. The molecular weight excluding hydrogens is 452 g/mol. The number of ether oxygens (including phenoxy) is 4. The first kappa shape index (κ1) is 23.6. The lowest BCUT2D eigenvalue weighted by molar-refractivity contribution is -0.394. The molecule has 2 aliphatic heterocycles. The lowest BCUT2D eigenvalue weighted by Crippen LogP contribution is -2.80. The molecule has 5 aliphatic rings. The molecule has 3 aliphatic carbocycles. The van der Waals surface area contributed by atoms with Crippen molar-refractivity contribution in [1.29, 1.82) is 0 Å². The van der Waals surface area contributed by atoms with Crippen LogP contribution >= 0.6 is 0 Å². The van der Waals surface area contributed by atoms with Gasteiger partial charge in [-0.1, -0.05) is 18.2 Å². The number of hydrogen-bond donors (Lipinski definition) is 5. The fourth-order valence-electron chi connectivity index (χ4n) is 6.19. The van der Waals surface area contributed by atoms with Crippen LogP contribution in [0, 0.1) is 11.3 Å². The zero-order valence-corrected chi connectivity index (χ0v) is 18.4. The van der Waals surface area contributed by atoms with Crippen LogP contribution in [0.2, 0.25) is 0 Å². The van der Waals surface area contributed by atoms with Crippen LogP contribution in [0.15, 0.2) is 30.3 Å². The van der Waals surface area contributed by atoms with Crippen molar-refractivity contribution < 1.29 is 54.1 Å². The molecule has 10 atom stereocenters. The van der Waals surface area contributed by atoms with Gasteiger partial charge in [-0.2, -0.15) is 0 Å². The summed E-state index contributed by atoms with van der Waals surface area (Å²) in [7, 11) is 0. The number of rotatable bonds is 6. The Balaban J connectivity index is 1.46. The van der Waals surface area contributed by atoms with Crippen molar-refractivity contribution in [1.82, 2.24) is 0 Å². The molecule has 6 rings (SSSR count). The lowest BCUT2D eigenvalue weighted by Gasteiger charge is -2.66. The molecule has 5 fully saturated rings. The third-order valence-electron chi connectivity index (χ3n) is 8.07. The molecule has 5 N–H and O–H groups in total. The third kappa shape index (κ3) is 2.95. The van der Waals surface area contributed by atoms with Crippen molar-refractivity contribution in [3.63, 3.8) is 0 Å². The number of hydrogen-bond acceptors (Lipinski definition) is 11. The number of benzene rings is 1. The highest BCUT2D eigenvalue weighted by Crippen LogP contribution is 2.73. The SMILES string of the molecule is CC12CC(O)C3C[C@@]1(OC1OC(CO)C(O)C(O)C1O)C3(COC(=O)c1ccccc1)C(=O)O2. The van der Waals surface area contributed by atoms with Gasteiger partial charge < -0.3 is 44.5 Å². The second-order valence-electron chi connectivity index (χ2n) is 9.76. The van der Waals surface area contributed by atoms with E-state index in [1.807, 2.05) is 0 Å². The summed E-state index contributed by atoms with van der Waals surface area (Å²) in [6.07, 6.45) is -8.41. The Bertz CT molecular complexity index is 969. The minimum absolute atomic E-state index is 0.0508. The quantitative estimate of drug-likeness (QED) is 0.300. The molecule has 4 bridgehead atoms. The molecule has 3 saturated carbocycles. The van der Waals surface area contributed by atoms with Crippen LogP contribution in [0.1, 0.15) is 30.1 Å². The van der Waals surface area contributed by atoms with Crippen LogP contribution in [0.4, 0.5) is 0 Å². The Kier molecular flexibility index (Phi) is 5.52. The average molecular weight is 480 g/mol. The van der Waals surface area contributed by atoms with Gasteiger partial charge in [-0.3, -0.25) is 4.79 Å². The van der Waals surface area contributed by atoms with Gasteiger partial charge in [0.05, 0.1) is 18.3 Å². The highest BCUT2D eigenvalue weighted by Gasteiger charge is 2.88. The molecule has 11 heteroatoms. The fourth-order valence-corrected chi connectivity index (χ4v) is 6.19. The third-order valence-corrected chi connectivity index (χ3v) is 8.07. The largest absolute Gasteiger partial charge is 0.461 e. The summed E-state index contributed by atoms with van der Waals surface area (Å²) >= 11 is 0. The van der Waals surface area contributed by atoms with E-state index < -0.39 is 84.5 Å². The standard InChI is InChI=1S/C23H28O11/c1-21-8-13(25)12-7-23(21,33-19-17(28)16(27)15(26)14(9-24)32-19)22(12,20(30)34-21)10-31-18(29)11-5-3-2-4-6-11/h2-6,12-17,19,24-28H,7-10H2,1H3/t12?,13?,14?,15?,16?,17?,19?,21?,22?,23-/m0/s1. The van der Waals surface area contributed by atoms with Gasteiger partial charge in [0.25, 0.3) is 0 Å². The minimum atomic E-state index is -1.69. The van der Waals surface area contributed by atoms with Crippen LogP contribution in [-0.4, -0.2) is 98.7 Å². The van der Waals surface area contributed by atoms with Crippen LogP contribution in [0.5, 0.6) is 0 Å². The number of carbonyl (C=O) groups is 2. The summed E-state index contributed by atoms with van der Waals surface area (Å²) < 4.78 is 22.9. The number of aliphatic hydroxyl groups excluding tert-OH is 5. The fraction of sp³-hybridized carbons (Fsp3) is 0.652. The summed E-state index contributed by atoms with van der Waals surface area (Å²) in [5.41, 5.74) is -4.08. The number of carbonyl (C=O) groups excluding carboxylic acids is 2. The van der Waals surface area contributed by atoms with Crippen molar-refractivity contribution in [2.75, 3.05) is 13.2 Å². The Morgan fingerprint density at radius 1 is 1.09 bits per heavy atom. The monoisotopic (exact) mass is 480 g/mol. The van der Waals surface area contributed by atoms with Gasteiger partial charge in [-0.05, 0) is 25.5 Å². The molecule has 1 aromatic carbocycles. The van der Waals surface area contributed by atoms with Crippen LogP contribution < -0.4 is 0 Å². The first-order valence-electron chi connectivity index (χ1n) is 11.2. The normalized spacial score (nSPS) is 47.0. The topological polar surface area (TPSA) is 172 Å². The van der Waals surface area contributed by atoms with Crippen LogP contribution in [-0.2, 0) is 23.7 Å². The van der Waals surface area contributed by atoms with Gasteiger partial charge in [0.2, 0.25) is 0 Å². The van der Waals surface area contributed by atoms with Crippen molar-refractivity contribution in [3.8, 4) is 0 Å². The van der Waals surface area contributed by atoms with E-state index in [0.717, 1.165) is 0 Å². The second-order valence-corrected chi connectivity index (χ2v) is 9.76. The maximum atomic E-state index is 13.2. The van der Waals surface area contributed by atoms with Crippen molar-refractivity contribution in [3.05, 3.63) is 35.9 Å². The Morgan fingerprint density at radius 2 is 1.79 bits per heavy atom. The molecule has 2 saturated heterocycles. The zero-order valence-electron chi connectivity index (χ0n) is 18.4. The number of fused-ring (bicyclic) bond motifs is 1. The van der Waals surface area contributed by atoms with E-state index in [2.05, 4.69) is 0 Å². The van der Waals surface area contributed by atoms with Gasteiger partial charge in [-0.25, -0.2) is 4.79 Å². The predicted molar refractivity (Wildman–Crippen MR) is 110 cm³/mol. The molecule has 186 valence electrons. The summed E-state index contributed by atoms with van der Waals surface area (Å²) in [6.45, 7) is 0.508. The smallest absolute Gasteiger partial charge is 0.338 e. The molecule has 11 nitrogen and oxygen atoms in total.